The lowest BCUT2D eigenvalue weighted by Crippen LogP contribution is -2.29. The lowest BCUT2D eigenvalue weighted by Gasteiger charge is -2.21. The van der Waals surface area contributed by atoms with Gasteiger partial charge in [-0.3, -0.25) is 4.79 Å². The number of ether oxygens (including phenoxy) is 1. The van der Waals surface area contributed by atoms with E-state index < -0.39 is 0 Å². The topological polar surface area (TPSA) is 38.3 Å². The second-order valence-electron chi connectivity index (χ2n) is 4.99. The average molecular weight is 325 g/mol. The lowest BCUT2D eigenvalue weighted by atomic mass is 10.2. The zero-order valence-corrected chi connectivity index (χ0v) is 14.1. The summed E-state index contributed by atoms with van der Waals surface area (Å²) in [6, 6.07) is 8.15. The number of carbonyl (C=O) groups is 1. The summed E-state index contributed by atoms with van der Waals surface area (Å²) in [6.07, 6.45) is 3.40. The highest BCUT2D eigenvalue weighted by molar-refractivity contribution is 8.16. The van der Waals surface area contributed by atoms with E-state index in [2.05, 4.69) is 24.4 Å². The molecule has 0 saturated carbocycles. The highest BCUT2D eigenvalue weighted by Gasteiger charge is 2.16. The highest BCUT2D eigenvalue weighted by atomic mass is 32.2. The lowest BCUT2D eigenvalue weighted by molar-refractivity contribution is -0.123. The number of amides is 1. The van der Waals surface area contributed by atoms with Crippen molar-refractivity contribution in [3.8, 4) is 5.75 Å². The van der Waals surface area contributed by atoms with E-state index in [0.717, 1.165) is 25.1 Å². The molecule has 0 aromatic heterocycles. The summed E-state index contributed by atoms with van der Waals surface area (Å²) in [7, 11) is 0. The van der Waals surface area contributed by atoms with Crippen LogP contribution in [-0.4, -0.2) is 30.6 Å². The van der Waals surface area contributed by atoms with E-state index in [9.17, 15) is 4.79 Å². The van der Waals surface area contributed by atoms with Gasteiger partial charge in [-0.15, -0.1) is 23.5 Å². The number of benzene rings is 1. The van der Waals surface area contributed by atoms with Crippen LogP contribution in [0.5, 0.6) is 5.75 Å². The van der Waals surface area contributed by atoms with Gasteiger partial charge in [0.05, 0.1) is 4.58 Å². The summed E-state index contributed by atoms with van der Waals surface area (Å²) in [5, 5.41) is 2.85. The quantitative estimate of drug-likeness (QED) is 0.773. The molecule has 1 N–H and O–H groups in total. The van der Waals surface area contributed by atoms with Crippen LogP contribution in [0.25, 0.3) is 0 Å². The molecule has 5 heteroatoms. The van der Waals surface area contributed by atoms with Crippen molar-refractivity contribution >= 4 is 29.4 Å². The molecule has 21 heavy (non-hydrogen) atoms. The summed E-state index contributed by atoms with van der Waals surface area (Å²) < 4.78 is 6.06. The van der Waals surface area contributed by atoms with Crippen LogP contribution in [0, 0.1) is 0 Å². The molecule has 1 amide bonds. The summed E-state index contributed by atoms with van der Waals surface area (Å²) in [5.74, 6) is 3.20. The van der Waals surface area contributed by atoms with Crippen LogP contribution >= 0.6 is 23.5 Å². The van der Waals surface area contributed by atoms with Crippen molar-refractivity contribution < 1.29 is 9.53 Å². The van der Waals surface area contributed by atoms with Gasteiger partial charge in [0.25, 0.3) is 5.91 Å². The summed E-state index contributed by atoms with van der Waals surface area (Å²) in [5.41, 5.74) is 1.34. The molecule has 1 aliphatic rings. The predicted octanol–water partition coefficient (Wildman–Crippen LogP) is 3.85. The molecule has 0 spiro atoms. The molecule has 1 heterocycles. The zero-order chi connectivity index (χ0) is 14.9. The van der Waals surface area contributed by atoms with Crippen molar-refractivity contribution in [3.05, 3.63) is 29.8 Å². The summed E-state index contributed by atoms with van der Waals surface area (Å²) in [4.78, 5) is 11.6. The number of rotatable bonds is 7. The smallest absolute Gasteiger partial charge is 0.257 e. The third-order valence-electron chi connectivity index (χ3n) is 3.20. The second-order valence-corrected chi connectivity index (χ2v) is 7.71. The van der Waals surface area contributed by atoms with Crippen molar-refractivity contribution in [1.82, 2.24) is 5.32 Å². The molecule has 116 valence electrons. The molecule has 0 unspecified atom stereocenters. The van der Waals surface area contributed by atoms with Gasteiger partial charge >= 0.3 is 0 Å². The molecule has 1 aromatic rings. The first kappa shape index (κ1) is 16.6. The SMILES string of the molecule is CCCCNC(=O)COc1ccc(C2SCCCS2)cc1. The number of hydrogen-bond donors (Lipinski definition) is 1. The number of nitrogens with one attached hydrogen (secondary N) is 1. The van der Waals surface area contributed by atoms with Crippen LogP contribution in [0.3, 0.4) is 0 Å². The van der Waals surface area contributed by atoms with Gasteiger partial charge in [0.1, 0.15) is 5.75 Å². The highest BCUT2D eigenvalue weighted by Crippen LogP contribution is 2.43. The molecule has 2 rings (SSSR count). The monoisotopic (exact) mass is 325 g/mol. The number of hydrogen-bond acceptors (Lipinski definition) is 4. The van der Waals surface area contributed by atoms with Gasteiger partial charge in [-0.05, 0) is 42.0 Å². The molecule has 0 aliphatic carbocycles. The normalized spacial score (nSPS) is 15.7. The largest absolute Gasteiger partial charge is 0.484 e. The van der Waals surface area contributed by atoms with E-state index in [1.165, 1.54) is 23.5 Å². The van der Waals surface area contributed by atoms with Crippen LogP contribution in [0.4, 0.5) is 0 Å². The van der Waals surface area contributed by atoms with Crippen molar-refractivity contribution in [2.24, 2.45) is 0 Å². The fourth-order valence-corrected chi connectivity index (χ4v) is 4.90. The predicted molar refractivity (Wildman–Crippen MR) is 92.1 cm³/mol. The maximum Gasteiger partial charge on any atom is 0.257 e. The first-order valence-electron chi connectivity index (χ1n) is 7.52. The average Bonchev–Trinajstić information content (AvgIpc) is 2.54. The minimum absolute atomic E-state index is 0.0501. The van der Waals surface area contributed by atoms with E-state index >= 15 is 0 Å². The Morgan fingerprint density at radius 2 is 2.00 bits per heavy atom. The molecule has 0 radical (unpaired) electrons. The van der Waals surface area contributed by atoms with E-state index in [1.54, 1.807) is 0 Å². The molecule has 3 nitrogen and oxygen atoms in total. The van der Waals surface area contributed by atoms with Gasteiger partial charge < -0.3 is 10.1 Å². The van der Waals surface area contributed by atoms with Gasteiger partial charge in [0.15, 0.2) is 6.61 Å². The van der Waals surface area contributed by atoms with Crippen LogP contribution < -0.4 is 10.1 Å². The Bertz CT molecular complexity index is 430. The van der Waals surface area contributed by atoms with Crippen LogP contribution in [0.2, 0.25) is 0 Å². The first-order chi connectivity index (χ1) is 10.3. The minimum Gasteiger partial charge on any atom is -0.484 e. The number of unbranched alkanes of at least 4 members (excludes halogenated alkanes) is 1. The Labute approximate surface area is 135 Å². The van der Waals surface area contributed by atoms with Crippen LogP contribution in [0.1, 0.15) is 36.3 Å². The Morgan fingerprint density at radius 1 is 1.29 bits per heavy atom. The maximum atomic E-state index is 11.6. The van der Waals surface area contributed by atoms with Crippen LogP contribution in [0.15, 0.2) is 24.3 Å². The van der Waals surface area contributed by atoms with E-state index in [1.807, 2.05) is 35.7 Å². The molecule has 1 fully saturated rings. The van der Waals surface area contributed by atoms with E-state index in [0.29, 0.717) is 4.58 Å². The molecule has 1 aliphatic heterocycles. The first-order valence-corrected chi connectivity index (χ1v) is 9.62. The van der Waals surface area contributed by atoms with Crippen molar-refractivity contribution in [3.63, 3.8) is 0 Å². The van der Waals surface area contributed by atoms with E-state index in [-0.39, 0.29) is 12.5 Å². The molecule has 0 atom stereocenters. The molecular formula is C16H23NO2S2. The third kappa shape index (κ3) is 5.83. The third-order valence-corrected chi connectivity index (χ3v) is 6.22. The second kappa shape index (κ2) is 9.26. The van der Waals surface area contributed by atoms with Gasteiger partial charge in [-0.1, -0.05) is 25.5 Å². The Balaban J connectivity index is 1.75. The van der Waals surface area contributed by atoms with Crippen molar-refractivity contribution in [2.75, 3.05) is 24.7 Å². The van der Waals surface area contributed by atoms with Crippen molar-refractivity contribution in [1.29, 1.82) is 0 Å². The summed E-state index contributed by atoms with van der Waals surface area (Å²) in [6.45, 7) is 2.93. The van der Waals surface area contributed by atoms with Crippen LogP contribution in [-0.2, 0) is 4.79 Å². The molecular weight excluding hydrogens is 302 g/mol. The Morgan fingerprint density at radius 3 is 2.67 bits per heavy atom. The molecule has 1 aromatic carbocycles. The fourth-order valence-electron chi connectivity index (χ4n) is 2.01. The van der Waals surface area contributed by atoms with Gasteiger partial charge in [0.2, 0.25) is 0 Å². The number of carbonyl (C=O) groups excluding carboxylic acids is 1. The fraction of sp³-hybridized carbons (Fsp3) is 0.562. The zero-order valence-electron chi connectivity index (χ0n) is 12.5. The van der Waals surface area contributed by atoms with Gasteiger partial charge in [0, 0.05) is 6.54 Å². The van der Waals surface area contributed by atoms with E-state index in [4.69, 9.17) is 4.74 Å². The summed E-state index contributed by atoms with van der Waals surface area (Å²) >= 11 is 4.02. The number of thioether (sulfide) groups is 2. The minimum atomic E-state index is -0.0501. The molecule has 0 bridgehead atoms. The Hall–Kier alpha value is -0.810. The Kier molecular flexibility index (Phi) is 7.30. The molecule has 1 saturated heterocycles. The van der Waals surface area contributed by atoms with Gasteiger partial charge in [-0.25, -0.2) is 0 Å². The maximum absolute atomic E-state index is 11.6. The van der Waals surface area contributed by atoms with Crippen molar-refractivity contribution in [2.45, 2.75) is 30.8 Å². The van der Waals surface area contributed by atoms with Gasteiger partial charge in [-0.2, -0.15) is 0 Å². The standard InChI is InChI=1S/C16H23NO2S2/c1-2-3-9-17-15(18)12-19-14-7-5-13(6-8-14)16-20-10-4-11-21-16/h5-8,16H,2-4,9-12H2,1H3,(H,17,18).